The maximum atomic E-state index is 12.4. The standard InChI is InChI=1S/C20H22N4O3/c1-23-11-9-19(27,18(23)26)8-7-14-4-2-5-15(12-14)20(17(21)25)16-6-3-10-24(16)13-22-20/h2,4-5,12-13,16,27H,3,6,9-11H2,1H3,(H2,21,25)/t16?,19-,20?/m0/s1. The molecule has 3 aliphatic heterocycles. The van der Waals surface area contributed by atoms with Gasteiger partial charge < -0.3 is 20.6 Å². The molecule has 2 fully saturated rings. The second-order valence-electron chi connectivity index (χ2n) is 7.44. The highest BCUT2D eigenvalue weighted by atomic mass is 16.3. The van der Waals surface area contributed by atoms with Gasteiger partial charge in [-0.05, 0) is 30.5 Å². The number of aliphatic hydroxyl groups is 1. The summed E-state index contributed by atoms with van der Waals surface area (Å²) >= 11 is 0. The molecule has 1 aromatic carbocycles. The van der Waals surface area contributed by atoms with E-state index in [1.165, 1.54) is 4.90 Å². The highest BCUT2D eigenvalue weighted by Crippen LogP contribution is 2.41. The van der Waals surface area contributed by atoms with Crippen LogP contribution < -0.4 is 5.73 Å². The van der Waals surface area contributed by atoms with Crippen LogP contribution in [-0.2, 0) is 15.1 Å². The van der Waals surface area contributed by atoms with Gasteiger partial charge in [-0.25, -0.2) is 0 Å². The SMILES string of the molecule is CN1CC[C@@](O)(C#Cc2cccc(C3(C(N)=O)N=CN4CCCC43)c2)C1=O. The molecule has 7 heteroatoms. The summed E-state index contributed by atoms with van der Waals surface area (Å²) in [6.07, 6.45) is 3.84. The van der Waals surface area contributed by atoms with E-state index in [0.29, 0.717) is 17.7 Å². The molecule has 27 heavy (non-hydrogen) atoms. The summed E-state index contributed by atoms with van der Waals surface area (Å²) in [7, 11) is 1.64. The highest BCUT2D eigenvalue weighted by molar-refractivity contribution is 5.91. The highest BCUT2D eigenvalue weighted by Gasteiger charge is 2.53. The number of rotatable bonds is 2. The van der Waals surface area contributed by atoms with Crippen molar-refractivity contribution in [1.29, 1.82) is 0 Å². The molecule has 0 saturated carbocycles. The fraction of sp³-hybridized carbons (Fsp3) is 0.450. The maximum Gasteiger partial charge on any atom is 0.267 e. The van der Waals surface area contributed by atoms with Crippen molar-refractivity contribution in [1.82, 2.24) is 9.80 Å². The third-order valence-corrected chi connectivity index (χ3v) is 5.79. The third-order valence-electron chi connectivity index (χ3n) is 5.79. The van der Waals surface area contributed by atoms with Crippen LogP contribution >= 0.6 is 0 Å². The molecule has 2 saturated heterocycles. The van der Waals surface area contributed by atoms with E-state index in [2.05, 4.69) is 21.7 Å². The van der Waals surface area contributed by atoms with Crippen molar-refractivity contribution in [2.75, 3.05) is 20.1 Å². The topological polar surface area (TPSA) is 99.2 Å². The lowest BCUT2D eigenvalue weighted by molar-refractivity contribution is -0.137. The number of nitrogens with zero attached hydrogens (tertiary/aromatic N) is 3. The van der Waals surface area contributed by atoms with Gasteiger partial charge in [0.2, 0.25) is 5.60 Å². The quantitative estimate of drug-likeness (QED) is 0.709. The molecule has 0 aromatic heterocycles. The molecule has 0 bridgehead atoms. The van der Waals surface area contributed by atoms with E-state index >= 15 is 0 Å². The van der Waals surface area contributed by atoms with Gasteiger partial charge in [0, 0.05) is 32.1 Å². The van der Waals surface area contributed by atoms with E-state index in [9.17, 15) is 14.7 Å². The Morgan fingerprint density at radius 2 is 2.22 bits per heavy atom. The van der Waals surface area contributed by atoms with Crippen LogP contribution in [0.15, 0.2) is 29.3 Å². The summed E-state index contributed by atoms with van der Waals surface area (Å²) in [4.78, 5) is 32.5. The average molecular weight is 366 g/mol. The van der Waals surface area contributed by atoms with Gasteiger partial charge in [0.15, 0.2) is 5.54 Å². The first-order valence-electron chi connectivity index (χ1n) is 9.09. The predicted octanol–water partition coefficient (Wildman–Crippen LogP) is -0.182. The second kappa shape index (κ2) is 6.10. The number of carbonyl (C=O) groups is 2. The van der Waals surface area contributed by atoms with Gasteiger partial charge >= 0.3 is 0 Å². The average Bonchev–Trinajstić information content (AvgIpc) is 3.32. The van der Waals surface area contributed by atoms with Gasteiger partial charge in [0.05, 0.1) is 12.4 Å². The number of fused-ring (bicyclic) bond motifs is 1. The Labute approximate surface area is 157 Å². The van der Waals surface area contributed by atoms with Crippen LogP contribution in [-0.4, -0.2) is 64.8 Å². The van der Waals surface area contributed by atoms with Crippen LogP contribution in [0.2, 0.25) is 0 Å². The van der Waals surface area contributed by atoms with Crippen LogP contribution in [0.25, 0.3) is 0 Å². The minimum absolute atomic E-state index is 0.0764. The zero-order valence-corrected chi connectivity index (χ0v) is 15.2. The molecule has 4 rings (SSSR count). The van der Waals surface area contributed by atoms with Crippen molar-refractivity contribution in [2.45, 2.75) is 36.4 Å². The summed E-state index contributed by atoms with van der Waals surface area (Å²) in [5.41, 5.74) is 4.32. The summed E-state index contributed by atoms with van der Waals surface area (Å²) < 4.78 is 0. The van der Waals surface area contributed by atoms with Crippen molar-refractivity contribution in [2.24, 2.45) is 10.7 Å². The number of aliphatic imine (C=N–C) groups is 1. The van der Waals surface area contributed by atoms with Crippen molar-refractivity contribution in [3.8, 4) is 11.8 Å². The van der Waals surface area contributed by atoms with Gasteiger partial charge in [-0.3, -0.25) is 14.6 Å². The van der Waals surface area contributed by atoms with E-state index < -0.39 is 17.0 Å². The summed E-state index contributed by atoms with van der Waals surface area (Å²) in [5, 5.41) is 10.5. The van der Waals surface area contributed by atoms with Crippen LogP contribution in [0.5, 0.6) is 0 Å². The second-order valence-corrected chi connectivity index (χ2v) is 7.44. The summed E-state index contributed by atoms with van der Waals surface area (Å²) in [6, 6.07) is 7.11. The molecule has 0 radical (unpaired) electrons. The number of primary amides is 1. The monoisotopic (exact) mass is 366 g/mol. The molecule has 1 aromatic rings. The number of hydrogen-bond acceptors (Lipinski definition) is 5. The van der Waals surface area contributed by atoms with Crippen LogP contribution in [0.4, 0.5) is 0 Å². The van der Waals surface area contributed by atoms with Crippen LogP contribution in [0, 0.1) is 11.8 Å². The molecular formula is C20H22N4O3. The zero-order valence-electron chi connectivity index (χ0n) is 15.2. The minimum Gasteiger partial charge on any atom is -0.369 e. The lowest BCUT2D eigenvalue weighted by Crippen LogP contribution is -2.49. The molecular weight excluding hydrogens is 344 g/mol. The number of amides is 2. The van der Waals surface area contributed by atoms with Gasteiger partial charge in [-0.1, -0.05) is 24.0 Å². The van der Waals surface area contributed by atoms with Gasteiger partial charge in [0.25, 0.3) is 11.8 Å². The molecule has 0 spiro atoms. The number of carbonyl (C=O) groups excluding carboxylic acids is 2. The zero-order chi connectivity index (χ0) is 19.2. The summed E-state index contributed by atoms with van der Waals surface area (Å²) in [6.45, 7) is 1.34. The number of hydrogen-bond donors (Lipinski definition) is 2. The van der Waals surface area contributed by atoms with Crippen molar-refractivity contribution in [3.63, 3.8) is 0 Å². The van der Waals surface area contributed by atoms with Crippen molar-refractivity contribution < 1.29 is 14.7 Å². The number of nitrogens with two attached hydrogens (primary N) is 1. The molecule has 3 atom stereocenters. The van der Waals surface area contributed by atoms with Crippen LogP contribution in [0.1, 0.15) is 30.4 Å². The largest absolute Gasteiger partial charge is 0.369 e. The molecule has 0 aliphatic carbocycles. The van der Waals surface area contributed by atoms with E-state index in [1.54, 1.807) is 31.6 Å². The van der Waals surface area contributed by atoms with Gasteiger partial charge in [0.1, 0.15) is 0 Å². The van der Waals surface area contributed by atoms with Crippen molar-refractivity contribution >= 4 is 18.2 Å². The normalized spacial score (nSPS) is 31.8. The van der Waals surface area contributed by atoms with Gasteiger partial charge in [-0.2, -0.15) is 0 Å². The molecule has 140 valence electrons. The summed E-state index contributed by atoms with van der Waals surface area (Å²) in [5.74, 6) is 4.73. The Bertz CT molecular complexity index is 902. The number of likely N-dealkylation sites (tertiary alicyclic amines) is 1. The van der Waals surface area contributed by atoms with Crippen LogP contribution in [0.3, 0.4) is 0 Å². The van der Waals surface area contributed by atoms with E-state index in [-0.39, 0.29) is 18.4 Å². The maximum absolute atomic E-state index is 12.4. The van der Waals surface area contributed by atoms with E-state index in [1.807, 2.05) is 6.07 Å². The molecule has 3 heterocycles. The Hall–Kier alpha value is -2.85. The first-order valence-corrected chi connectivity index (χ1v) is 9.09. The lowest BCUT2D eigenvalue weighted by Gasteiger charge is -2.31. The Morgan fingerprint density at radius 3 is 2.93 bits per heavy atom. The minimum atomic E-state index is -1.65. The third kappa shape index (κ3) is 2.60. The first-order chi connectivity index (χ1) is 12.9. The first kappa shape index (κ1) is 17.6. The molecule has 3 N–H and O–H groups in total. The lowest BCUT2D eigenvalue weighted by atomic mass is 9.81. The van der Waals surface area contributed by atoms with E-state index in [0.717, 1.165) is 19.4 Å². The number of benzene rings is 1. The molecule has 2 unspecified atom stereocenters. The predicted molar refractivity (Wildman–Crippen MR) is 99.6 cm³/mol. The Balaban J connectivity index is 1.70. The molecule has 7 nitrogen and oxygen atoms in total. The van der Waals surface area contributed by atoms with Gasteiger partial charge in [-0.15, -0.1) is 0 Å². The van der Waals surface area contributed by atoms with E-state index in [4.69, 9.17) is 5.73 Å². The molecule has 3 aliphatic rings. The Kier molecular flexibility index (Phi) is 3.97. The number of likely N-dealkylation sites (N-methyl/N-ethyl adjacent to an activating group) is 1. The fourth-order valence-corrected chi connectivity index (χ4v) is 4.24. The molecule has 2 amide bonds. The smallest absolute Gasteiger partial charge is 0.267 e. The van der Waals surface area contributed by atoms with Crippen molar-refractivity contribution in [3.05, 3.63) is 35.4 Å². The Morgan fingerprint density at radius 1 is 1.41 bits per heavy atom. The fourth-order valence-electron chi connectivity index (χ4n) is 4.24.